The number of thiazole rings is 1. The van der Waals surface area contributed by atoms with Crippen LogP contribution in [0.15, 0.2) is 62.9 Å². The second-order valence-corrected chi connectivity index (χ2v) is 6.46. The molecule has 0 bridgehead atoms. The summed E-state index contributed by atoms with van der Waals surface area (Å²) in [5.41, 5.74) is 0.600. The van der Waals surface area contributed by atoms with Crippen LogP contribution in [-0.4, -0.2) is 10.5 Å². The lowest BCUT2D eigenvalue weighted by Gasteiger charge is -1.98. The third kappa shape index (κ3) is 2.58. The molecule has 5 nitrogen and oxygen atoms in total. The number of hydrogen-bond donors (Lipinski definition) is 0. The highest BCUT2D eigenvalue weighted by atomic mass is 32.1. The fraction of sp³-hybridized carbons (Fsp3) is 0.0556. The van der Waals surface area contributed by atoms with E-state index in [1.54, 1.807) is 41.9 Å². The highest BCUT2D eigenvalue weighted by Gasteiger charge is 2.14. The number of hydrogen-bond acceptors (Lipinski definition) is 4. The lowest BCUT2D eigenvalue weighted by molar-refractivity contribution is 0.0995. The van der Waals surface area contributed by atoms with Gasteiger partial charge in [0.2, 0.25) is 5.43 Å². The van der Waals surface area contributed by atoms with E-state index in [2.05, 4.69) is 4.99 Å². The van der Waals surface area contributed by atoms with Gasteiger partial charge < -0.3 is 8.98 Å². The molecule has 4 rings (SSSR count). The monoisotopic (exact) mass is 354 g/mol. The molecular weight excluding hydrogens is 343 g/mol. The second kappa shape index (κ2) is 5.78. The molecule has 2 aromatic heterocycles. The van der Waals surface area contributed by atoms with E-state index in [0.717, 1.165) is 11.8 Å². The quantitative estimate of drug-likeness (QED) is 0.527. The minimum absolute atomic E-state index is 0.137. The normalized spacial score (nSPS) is 12.2. The van der Waals surface area contributed by atoms with Crippen molar-refractivity contribution >= 4 is 38.4 Å². The molecule has 4 aromatic rings. The van der Waals surface area contributed by atoms with Crippen LogP contribution in [0.2, 0.25) is 0 Å². The number of nitrogens with zero attached hydrogens (tertiary/aromatic N) is 2. The van der Waals surface area contributed by atoms with Crippen molar-refractivity contribution in [3.05, 3.63) is 75.1 Å². The zero-order valence-electron chi connectivity index (χ0n) is 13.0. The first kappa shape index (κ1) is 15.5. The van der Waals surface area contributed by atoms with Gasteiger partial charge in [0.05, 0.1) is 15.6 Å². The average molecular weight is 354 g/mol. The molecule has 0 aliphatic heterocycles. The van der Waals surface area contributed by atoms with E-state index in [4.69, 9.17) is 4.42 Å². The van der Waals surface area contributed by atoms with Crippen molar-refractivity contribution in [2.45, 2.75) is 0 Å². The molecule has 0 atom stereocenters. The van der Waals surface area contributed by atoms with Gasteiger partial charge in [-0.15, -0.1) is 0 Å². The number of carbonyl (C=O) groups is 1. The van der Waals surface area contributed by atoms with Gasteiger partial charge in [-0.3, -0.25) is 9.59 Å². The van der Waals surface area contributed by atoms with Gasteiger partial charge in [-0.25, -0.2) is 4.39 Å². The smallest absolute Gasteiger partial charge is 0.286 e. The molecule has 2 heterocycles. The van der Waals surface area contributed by atoms with E-state index in [1.807, 2.05) is 0 Å². The number of benzene rings is 2. The van der Waals surface area contributed by atoms with Crippen LogP contribution in [-0.2, 0) is 7.05 Å². The van der Waals surface area contributed by atoms with Crippen molar-refractivity contribution < 1.29 is 13.6 Å². The zero-order chi connectivity index (χ0) is 17.6. The number of aryl methyl sites for hydroxylation is 1. The van der Waals surface area contributed by atoms with Gasteiger partial charge in [-0.05, 0) is 30.3 Å². The Morgan fingerprint density at radius 2 is 2.04 bits per heavy atom. The molecule has 0 fully saturated rings. The Balaban J connectivity index is 1.87. The van der Waals surface area contributed by atoms with Crippen molar-refractivity contribution in [2.24, 2.45) is 12.0 Å². The summed E-state index contributed by atoms with van der Waals surface area (Å²) < 4.78 is 21.1. The molecule has 0 unspecified atom stereocenters. The molecule has 0 radical (unpaired) electrons. The van der Waals surface area contributed by atoms with Gasteiger partial charge in [0.1, 0.15) is 23.2 Å². The maximum absolute atomic E-state index is 13.4. The molecule has 2 aromatic carbocycles. The van der Waals surface area contributed by atoms with Gasteiger partial charge >= 0.3 is 0 Å². The number of amides is 1. The number of carbonyl (C=O) groups excluding carboxylic acids is 1. The van der Waals surface area contributed by atoms with Gasteiger partial charge in [-0.1, -0.05) is 23.5 Å². The SMILES string of the molecule is Cn1c(=NC(=O)c2coc3ccccc3c2=O)sc2cc(F)ccc21. The number of aromatic nitrogens is 1. The number of fused-ring (bicyclic) bond motifs is 2. The highest BCUT2D eigenvalue weighted by molar-refractivity contribution is 7.16. The molecule has 7 heteroatoms. The molecule has 0 aliphatic rings. The summed E-state index contributed by atoms with van der Waals surface area (Å²) in [7, 11) is 1.73. The summed E-state index contributed by atoms with van der Waals surface area (Å²) in [6.07, 6.45) is 1.13. The summed E-state index contributed by atoms with van der Waals surface area (Å²) in [6.45, 7) is 0. The lowest BCUT2D eigenvalue weighted by Crippen LogP contribution is -2.18. The van der Waals surface area contributed by atoms with Crippen LogP contribution >= 0.6 is 11.3 Å². The molecule has 0 saturated heterocycles. The zero-order valence-corrected chi connectivity index (χ0v) is 13.8. The minimum atomic E-state index is -0.692. The summed E-state index contributed by atoms with van der Waals surface area (Å²) in [6, 6.07) is 11.0. The van der Waals surface area contributed by atoms with Gasteiger partial charge in [-0.2, -0.15) is 4.99 Å². The predicted molar refractivity (Wildman–Crippen MR) is 93.1 cm³/mol. The topological polar surface area (TPSA) is 64.6 Å². The van der Waals surface area contributed by atoms with Crippen molar-refractivity contribution in [1.82, 2.24) is 4.57 Å². The van der Waals surface area contributed by atoms with Crippen molar-refractivity contribution in [2.75, 3.05) is 0 Å². The van der Waals surface area contributed by atoms with Gasteiger partial charge in [0, 0.05) is 7.05 Å². The number of para-hydroxylation sites is 1. The molecular formula is C18H11FN2O3S. The fourth-order valence-electron chi connectivity index (χ4n) is 2.59. The Labute approximate surface area is 144 Å². The molecule has 124 valence electrons. The van der Waals surface area contributed by atoms with Crippen molar-refractivity contribution in [1.29, 1.82) is 0 Å². The van der Waals surface area contributed by atoms with E-state index in [1.165, 1.54) is 23.5 Å². The van der Waals surface area contributed by atoms with Crippen LogP contribution in [0.3, 0.4) is 0 Å². The fourth-order valence-corrected chi connectivity index (χ4v) is 3.63. The Bertz CT molecular complexity index is 1270. The van der Waals surface area contributed by atoms with E-state index in [0.29, 0.717) is 20.5 Å². The lowest BCUT2D eigenvalue weighted by atomic mass is 10.2. The van der Waals surface area contributed by atoms with Crippen LogP contribution in [0.4, 0.5) is 4.39 Å². The largest absolute Gasteiger partial charge is 0.463 e. The van der Waals surface area contributed by atoms with Gasteiger partial charge in [0.15, 0.2) is 4.80 Å². The summed E-state index contributed by atoms with van der Waals surface area (Å²) in [5.74, 6) is -1.05. The Hall–Kier alpha value is -3.06. The van der Waals surface area contributed by atoms with Crippen molar-refractivity contribution in [3.63, 3.8) is 0 Å². The summed E-state index contributed by atoms with van der Waals surface area (Å²) in [5, 5.41) is 0.325. The maximum atomic E-state index is 13.4. The van der Waals surface area contributed by atoms with Crippen molar-refractivity contribution in [3.8, 4) is 0 Å². The summed E-state index contributed by atoms with van der Waals surface area (Å²) in [4.78, 5) is 29.3. The van der Waals surface area contributed by atoms with Gasteiger partial charge in [0.25, 0.3) is 5.91 Å². The standard InChI is InChI=1S/C18H11FN2O3S/c1-21-13-7-6-10(19)8-15(13)25-18(21)20-17(23)12-9-24-14-5-3-2-4-11(14)16(12)22/h2-9H,1H3. The second-order valence-electron chi connectivity index (χ2n) is 5.45. The first-order valence-corrected chi connectivity index (χ1v) is 8.21. The third-order valence-electron chi connectivity index (χ3n) is 3.88. The minimum Gasteiger partial charge on any atom is -0.463 e. The van der Waals surface area contributed by atoms with Crippen LogP contribution < -0.4 is 10.2 Å². The van der Waals surface area contributed by atoms with Crippen LogP contribution in [0, 0.1) is 5.82 Å². The molecule has 1 amide bonds. The molecule has 0 N–H and O–H groups in total. The van der Waals surface area contributed by atoms with Crippen LogP contribution in [0.1, 0.15) is 10.4 Å². The van der Waals surface area contributed by atoms with E-state index in [-0.39, 0.29) is 11.4 Å². The van der Waals surface area contributed by atoms with Crippen LogP contribution in [0.25, 0.3) is 21.2 Å². The van der Waals surface area contributed by atoms with Crippen LogP contribution in [0.5, 0.6) is 0 Å². The Morgan fingerprint density at radius 1 is 1.24 bits per heavy atom. The summed E-state index contributed by atoms with van der Waals surface area (Å²) >= 11 is 1.17. The first-order chi connectivity index (χ1) is 12.0. The Kier molecular flexibility index (Phi) is 3.58. The van der Waals surface area contributed by atoms with E-state index in [9.17, 15) is 14.0 Å². The predicted octanol–water partition coefficient (Wildman–Crippen LogP) is 3.23. The third-order valence-corrected chi connectivity index (χ3v) is 4.97. The van der Waals surface area contributed by atoms with E-state index >= 15 is 0 Å². The molecule has 0 saturated carbocycles. The highest BCUT2D eigenvalue weighted by Crippen LogP contribution is 2.17. The number of rotatable bonds is 1. The molecule has 0 spiro atoms. The van der Waals surface area contributed by atoms with E-state index < -0.39 is 11.3 Å². The first-order valence-electron chi connectivity index (χ1n) is 7.39. The molecule has 25 heavy (non-hydrogen) atoms. The molecule has 0 aliphatic carbocycles. The number of halogens is 1. The maximum Gasteiger partial charge on any atom is 0.286 e. The Morgan fingerprint density at radius 3 is 2.88 bits per heavy atom. The average Bonchev–Trinajstić information content (AvgIpc) is 2.90.